The molecule has 0 aromatic rings. The van der Waals surface area contributed by atoms with Crippen molar-refractivity contribution in [3.63, 3.8) is 0 Å². The quantitative estimate of drug-likeness (QED) is 0.736. The predicted octanol–water partition coefficient (Wildman–Crippen LogP) is 1.79. The van der Waals surface area contributed by atoms with Crippen LogP contribution in [0.5, 0.6) is 0 Å². The fourth-order valence-corrected chi connectivity index (χ4v) is 2.82. The minimum Gasteiger partial charge on any atom is -0.465 e. The van der Waals surface area contributed by atoms with E-state index in [2.05, 4.69) is 24.1 Å². The van der Waals surface area contributed by atoms with Crippen LogP contribution < -0.4 is 5.32 Å². The molecule has 0 spiro atoms. The molecule has 18 heavy (non-hydrogen) atoms. The Morgan fingerprint density at radius 3 is 2.50 bits per heavy atom. The molecule has 4 heteroatoms. The van der Waals surface area contributed by atoms with Gasteiger partial charge in [-0.1, -0.05) is 6.42 Å². The first-order chi connectivity index (χ1) is 8.60. The lowest BCUT2D eigenvalue weighted by molar-refractivity contribution is -0.145. The molecular weight excluding hydrogens is 228 g/mol. The van der Waals surface area contributed by atoms with Gasteiger partial charge in [-0.15, -0.1) is 0 Å². The molecule has 1 saturated heterocycles. The highest BCUT2D eigenvalue weighted by atomic mass is 16.5. The number of nitrogens with one attached hydrogen (secondary N) is 1. The Morgan fingerprint density at radius 2 is 2.00 bits per heavy atom. The van der Waals surface area contributed by atoms with Crippen molar-refractivity contribution in [1.82, 2.24) is 10.2 Å². The van der Waals surface area contributed by atoms with Crippen LogP contribution in [-0.4, -0.2) is 49.2 Å². The van der Waals surface area contributed by atoms with E-state index in [9.17, 15) is 4.79 Å². The number of ether oxygens (including phenoxy) is 1. The summed E-state index contributed by atoms with van der Waals surface area (Å²) in [6, 6.07) is 1.09. The summed E-state index contributed by atoms with van der Waals surface area (Å²) >= 11 is 0. The molecule has 1 aliphatic rings. The highest BCUT2D eigenvalue weighted by molar-refractivity contribution is 5.75. The Hall–Kier alpha value is -0.610. The molecule has 0 saturated carbocycles. The van der Waals surface area contributed by atoms with Crippen LogP contribution in [0.3, 0.4) is 0 Å². The van der Waals surface area contributed by atoms with Crippen molar-refractivity contribution < 1.29 is 9.53 Å². The van der Waals surface area contributed by atoms with Crippen LogP contribution in [0.2, 0.25) is 0 Å². The van der Waals surface area contributed by atoms with Gasteiger partial charge < -0.3 is 10.1 Å². The largest absolute Gasteiger partial charge is 0.465 e. The number of esters is 1. The molecule has 0 aromatic heterocycles. The molecule has 106 valence electrons. The van der Waals surface area contributed by atoms with E-state index in [4.69, 9.17) is 4.74 Å². The van der Waals surface area contributed by atoms with Gasteiger partial charge in [-0.05, 0) is 47.1 Å². The maximum atomic E-state index is 11.7. The molecule has 1 aliphatic heterocycles. The zero-order valence-corrected chi connectivity index (χ0v) is 12.2. The summed E-state index contributed by atoms with van der Waals surface area (Å²) in [5.41, 5.74) is 0. The number of hydrogen-bond acceptors (Lipinski definition) is 4. The topological polar surface area (TPSA) is 41.6 Å². The third-order valence-corrected chi connectivity index (χ3v) is 3.97. The van der Waals surface area contributed by atoms with Gasteiger partial charge in [0.05, 0.1) is 6.61 Å². The fraction of sp³-hybridized carbons (Fsp3) is 0.929. The Kier molecular flexibility index (Phi) is 6.65. The molecule has 3 atom stereocenters. The average molecular weight is 256 g/mol. The smallest absolute Gasteiger partial charge is 0.323 e. The zero-order valence-electron chi connectivity index (χ0n) is 12.2. The molecule has 1 heterocycles. The number of rotatable bonds is 6. The van der Waals surface area contributed by atoms with Crippen LogP contribution in [0.1, 0.15) is 46.5 Å². The van der Waals surface area contributed by atoms with E-state index in [1.165, 1.54) is 19.3 Å². The zero-order chi connectivity index (χ0) is 13.5. The number of hydrogen-bond donors (Lipinski definition) is 1. The maximum absolute atomic E-state index is 11.7. The lowest BCUT2D eigenvalue weighted by Gasteiger charge is -2.39. The Labute approximate surface area is 111 Å². The summed E-state index contributed by atoms with van der Waals surface area (Å²) in [4.78, 5) is 14.2. The number of carbonyl (C=O) groups is 1. The molecule has 4 nitrogen and oxygen atoms in total. The summed E-state index contributed by atoms with van der Waals surface area (Å²) in [5.74, 6) is -0.127. The van der Waals surface area contributed by atoms with Crippen LogP contribution in [0.25, 0.3) is 0 Å². The monoisotopic (exact) mass is 256 g/mol. The molecule has 0 amide bonds. The van der Waals surface area contributed by atoms with Crippen molar-refractivity contribution >= 4 is 5.97 Å². The van der Waals surface area contributed by atoms with E-state index < -0.39 is 0 Å². The lowest BCUT2D eigenvalue weighted by atomic mass is 9.97. The van der Waals surface area contributed by atoms with Gasteiger partial charge in [-0.25, -0.2) is 0 Å². The number of nitrogens with zero attached hydrogens (tertiary/aromatic N) is 1. The Balaban J connectivity index is 2.43. The molecular formula is C14H28N2O2. The summed E-state index contributed by atoms with van der Waals surface area (Å²) in [7, 11) is 1.82. The number of likely N-dealkylation sites (tertiary alicyclic amines) is 1. The first-order valence-corrected chi connectivity index (χ1v) is 7.19. The normalized spacial score (nSPS) is 26.9. The highest BCUT2D eigenvalue weighted by Gasteiger charge is 2.26. The van der Waals surface area contributed by atoms with Gasteiger partial charge >= 0.3 is 5.97 Å². The summed E-state index contributed by atoms with van der Waals surface area (Å²) in [6.45, 7) is 7.84. The minimum atomic E-state index is -0.175. The summed E-state index contributed by atoms with van der Waals surface area (Å²) in [5, 5.41) is 3.05. The van der Waals surface area contributed by atoms with Gasteiger partial charge in [0.15, 0.2) is 0 Å². The maximum Gasteiger partial charge on any atom is 0.323 e. The van der Waals surface area contributed by atoms with Crippen LogP contribution in [0.4, 0.5) is 0 Å². The van der Waals surface area contributed by atoms with Crippen molar-refractivity contribution in [3.05, 3.63) is 0 Å². The molecule has 1 rings (SSSR count). The van der Waals surface area contributed by atoms with E-state index in [1.54, 1.807) is 0 Å². The predicted molar refractivity (Wildman–Crippen MR) is 73.6 cm³/mol. The van der Waals surface area contributed by atoms with Crippen LogP contribution >= 0.6 is 0 Å². The van der Waals surface area contributed by atoms with Crippen molar-refractivity contribution in [2.24, 2.45) is 0 Å². The van der Waals surface area contributed by atoms with Gasteiger partial charge in [-0.2, -0.15) is 0 Å². The highest BCUT2D eigenvalue weighted by Crippen LogP contribution is 2.22. The first-order valence-electron chi connectivity index (χ1n) is 7.19. The van der Waals surface area contributed by atoms with Gasteiger partial charge in [0.25, 0.3) is 0 Å². The second-order valence-electron chi connectivity index (χ2n) is 5.25. The van der Waals surface area contributed by atoms with E-state index in [0.29, 0.717) is 18.7 Å². The number of carbonyl (C=O) groups excluding carboxylic acids is 1. The second kappa shape index (κ2) is 7.74. The van der Waals surface area contributed by atoms with E-state index >= 15 is 0 Å². The molecule has 0 aromatic carbocycles. The van der Waals surface area contributed by atoms with Crippen LogP contribution in [0.15, 0.2) is 0 Å². The first kappa shape index (κ1) is 15.4. The molecule has 1 fully saturated rings. The van der Waals surface area contributed by atoms with E-state index in [-0.39, 0.29) is 12.0 Å². The molecule has 1 N–H and O–H groups in total. The van der Waals surface area contributed by atoms with Gasteiger partial charge in [0.1, 0.15) is 6.04 Å². The Bertz CT molecular complexity index is 248. The third-order valence-electron chi connectivity index (χ3n) is 3.97. The van der Waals surface area contributed by atoms with Crippen molar-refractivity contribution in [2.45, 2.75) is 64.6 Å². The molecule has 1 unspecified atom stereocenters. The molecule has 0 bridgehead atoms. The number of likely N-dealkylation sites (N-methyl/N-ethyl adjacent to an activating group) is 1. The molecule has 0 radical (unpaired) electrons. The summed E-state index contributed by atoms with van der Waals surface area (Å²) < 4.78 is 5.07. The second-order valence-corrected chi connectivity index (χ2v) is 5.25. The average Bonchev–Trinajstić information content (AvgIpc) is 2.33. The van der Waals surface area contributed by atoms with Gasteiger partial charge in [-0.3, -0.25) is 9.69 Å². The van der Waals surface area contributed by atoms with E-state index in [0.717, 1.165) is 13.0 Å². The molecule has 0 aliphatic carbocycles. The lowest BCUT2D eigenvalue weighted by Crippen LogP contribution is -2.47. The standard InChI is InChI=1S/C14H28N2O2/c1-5-18-14(17)13(15-4)9-10-16-11(2)7-6-8-12(16)3/h11-13,15H,5-10H2,1-4H3/t11-,12+,13?. The van der Waals surface area contributed by atoms with Gasteiger partial charge in [0.2, 0.25) is 0 Å². The SMILES string of the molecule is CCOC(=O)C(CCN1[C@H](C)CCC[C@@H]1C)NC. The summed E-state index contributed by atoms with van der Waals surface area (Å²) in [6.07, 6.45) is 4.69. The fourth-order valence-electron chi connectivity index (χ4n) is 2.82. The minimum absolute atomic E-state index is 0.127. The van der Waals surface area contributed by atoms with Crippen molar-refractivity contribution in [2.75, 3.05) is 20.2 Å². The van der Waals surface area contributed by atoms with Gasteiger partial charge in [0, 0.05) is 18.6 Å². The van der Waals surface area contributed by atoms with Crippen molar-refractivity contribution in [3.8, 4) is 0 Å². The number of piperidine rings is 1. The van der Waals surface area contributed by atoms with Crippen molar-refractivity contribution in [1.29, 1.82) is 0 Å². The third kappa shape index (κ3) is 4.25. The van der Waals surface area contributed by atoms with Crippen LogP contribution in [0, 0.1) is 0 Å². The van der Waals surface area contributed by atoms with Crippen LogP contribution in [-0.2, 0) is 9.53 Å². The van der Waals surface area contributed by atoms with E-state index in [1.807, 2.05) is 14.0 Å². The Morgan fingerprint density at radius 1 is 1.39 bits per heavy atom.